The van der Waals surface area contributed by atoms with Gasteiger partial charge in [0, 0.05) is 24.0 Å². The van der Waals surface area contributed by atoms with Gasteiger partial charge in [-0.15, -0.1) is 11.3 Å². The number of amides is 2. The number of carboxylic acids is 1. The fourth-order valence-corrected chi connectivity index (χ4v) is 3.55. The lowest BCUT2D eigenvalue weighted by Gasteiger charge is -2.35. The van der Waals surface area contributed by atoms with Crippen LogP contribution < -0.4 is 0 Å². The summed E-state index contributed by atoms with van der Waals surface area (Å²) in [5, 5.41) is 11.2. The van der Waals surface area contributed by atoms with Crippen molar-refractivity contribution in [1.82, 2.24) is 9.80 Å². The number of aliphatic carboxylic acids is 1. The van der Waals surface area contributed by atoms with Crippen molar-refractivity contribution in [2.24, 2.45) is 5.92 Å². The lowest BCUT2D eigenvalue weighted by atomic mass is 9.98. The number of nitrogens with zero attached hydrogens (tertiary/aromatic N) is 2. The Hall–Kier alpha value is -1.56. The van der Waals surface area contributed by atoms with Crippen LogP contribution in [0.4, 0.5) is 4.79 Å². The number of likely N-dealkylation sites (tertiary alicyclic amines) is 1. The van der Waals surface area contributed by atoms with Gasteiger partial charge in [-0.3, -0.25) is 4.79 Å². The standard InChI is InChI=1S/C15H20N2O3S/c18-14(19)11-3-1-7-16(9-11)15(20)17(12-5-6-12)10-13-4-2-8-21-13/h2,4,8,11-12H,1,3,5-7,9-10H2,(H,18,19)/t11-/m0/s1. The summed E-state index contributed by atoms with van der Waals surface area (Å²) in [5.41, 5.74) is 0. The summed E-state index contributed by atoms with van der Waals surface area (Å²) in [4.78, 5) is 28.7. The summed E-state index contributed by atoms with van der Waals surface area (Å²) in [6.45, 7) is 1.67. The van der Waals surface area contributed by atoms with Gasteiger partial charge in [0.1, 0.15) is 0 Å². The smallest absolute Gasteiger partial charge is 0.320 e. The van der Waals surface area contributed by atoms with Crippen LogP contribution in [-0.4, -0.2) is 46.0 Å². The number of carboxylic acid groups (broad SMARTS) is 1. The molecule has 0 aromatic carbocycles. The first kappa shape index (κ1) is 14.4. The molecule has 1 aromatic rings. The summed E-state index contributed by atoms with van der Waals surface area (Å²) >= 11 is 1.66. The molecule has 1 saturated carbocycles. The Morgan fingerprint density at radius 1 is 1.38 bits per heavy atom. The molecule has 1 aliphatic carbocycles. The average molecular weight is 308 g/mol. The van der Waals surface area contributed by atoms with E-state index in [9.17, 15) is 9.59 Å². The number of rotatable bonds is 4. The van der Waals surface area contributed by atoms with Crippen LogP contribution in [0, 0.1) is 5.92 Å². The van der Waals surface area contributed by atoms with E-state index in [1.807, 2.05) is 22.4 Å². The van der Waals surface area contributed by atoms with E-state index in [-0.39, 0.29) is 6.03 Å². The van der Waals surface area contributed by atoms with E-state index < -0.39 is 11.9 Å². The highest BCUT2D eigenvalue weighted by molar-refractivity contribution is 7.09. The van der Waals surface area contributed by atoms with E-state index in [0.717, 1.165) is 19.3 Å². The maximum absolute atomic E-state index is 12.7. The van der Waals surface area contributed by atoms with Crippen molar-refractivity contribution in [2.75, 3.05) is 13.1 Å². The third-order valence-electron chi connectivity index (χ3n) is 4.18. The van der Waals surface area contributed by atoms with Crippen LogP contribution in [-0.2, 0) is 11.3 Å². The van der Waals surface area contributed by atoms with E-state index in [1.165, 1.54) is 4.88 Å². The van der Waals surface area contributed by atoms with Gasteiger partial charge < -0.3 is 14.9 Å². The Balaban J connectivity index is 1.67. The molecule has 3 rings (SSSR count). The summed E-state index contributed by atoms with van der Waals surface area (Å²) in [6.07, 6.45) is 3.58. The van der Waals surface area contributed by atoms with Crippen LogP contribution in [0.1, 0.15) is 30.6 Å². The second kappa shape index (κ2) is 6.05. The fourth-order valence-electron chi connectivity index (χ4n) is 2.84. The third kappa shape index (κ3) is 3.37. The predicted octanol–water partition coefficient (Wildman–Crippen LogP) is 2.63. The monoisotopic (exact) mass is 308 g/mol. The maximum atomic E-state index is 12.7. The number of thiophene rings is 1. The zero-order valence-corrected chi connectivity index (χ0v) is 12.7. The molecule has 2 amide bonds. The minimum absolute atomic E-state index is 0.0110. The SMILES string of the molecule is O=C(O)[C@H]1CCCN(C(=O)N(Cc2cccs2)C2CC2)C1. The molecular weight excluding hydrogens is 288 g/mol. The Morgan fingerprint density at radius 3 is 2.81 bits per heavy atom. The molecule has 114 valence electrons. The molecule has 1 atom stereocenters. The molecule has 5 nitrogen and oxygen atoms in total. The summed E-state index contributed by atoms with van der Waals surface area (Å²) in [5.74, 6) is -1.20. The van der Waals surface area contributed by atoms with Gasteiger partial charge in [-0.05, 0) is 37.1 Å². The normalized spacial score (nSPS) is 22.1. The van der Waals surface area contributed by atoms with E-state index in [4.69, 9.17) is 5.11 Å². The molecular formula is C15H20N2O3S. The second-order valence-corrected chi connectivity index (χ2v) is 6.88. The van der Waals surface area contributed by atoms with Crippen LogP contribution in [0.2, 0.25) is 0 Å². The molecule has 21 heavy (non-hydrogen) atoms. The Bertz CT molecular complexity index is 513. The van der Waals surface area contributed by atoms with Gasteiger partial charge >= 0.3 is 12.0 Å². The zero-order chi connectivity index (χ0) is 14.8. The third-order valence-corrected chi connectivity index (χ3v) is 5.04. The fraction of sp³-hybridized carbons (Fsp3) is 0.600. The highest BCUT2D eigenvalue weighted by Gasteiger charge is 2.37. The van der Waals surface area contributed by atoms with Crippen molar-refractivity contribution < 1.29 is 14.7 Å². The molecule has 0 unspecified atom stereocenters. The largest absolute Gasteiger partial charge is 0.481 e. The lowest BCUT2D eigenvalue weighted by molar-refractivity contribution is -0.143. The van der Waals surface area contributed by atoms with Crippen molar-refractivity contribution in [3.05, 3.63) is 22.4 Å². The van der Waals surface area contributed by atoms with Crippen molar-refractivity contribution in [3.8, 4) is 0 Å². The number of carbonyl (C=O) groups excluding carboxylic acids is 1. The minimum atomic E-state index is -0.788. The van der Waals surface area contributed by atoms with Gasteiger partial charge in [0.2, 0.25) is 0 Å². The molecule has 2 aliphatic rings. The zero-order valence-electron chi connectivity index (χ0n) is 11.9. The molecule has 1 aromatic heterocycles. The molecule has 0 bridgehead atoms. The van der Waals surface area contributed by atoms with Crippen molar-refractivity contribution >= 4 is 23.3 Å². The van der Waals surface area contributed by atoms with Crippen molar-refractivity contribution in [1.29, 1.82) is 0 Å². The Kier molecular flexibility index (Phi) is 4.14. The summed E-state index contributed by atoms with van der Waals surface area (Å²) < 4.78 is 0. The van der Waals surface area contributed by atoms with Crippen molar-refractivity contribution in [3.63, 3.8) is 0 Å². The van der Waals surface area contributed by atoms with E-state index in [1.54, 1.807) is 16.2 Å². The van der Waals surface area contributed by atoms with Crippen LogP contribution in [0.15, 0.2) is 17.5 Å². The first-order chi connectivity index (χ1) is 10.1. The molecule has 2 heterocycles. The quantitative estimate of drug-likeness (QED) is 0.930. The van der Waals surface area contributed by atoms with Crippen molar-refractivity contribution in [2.45, 2.75) is 38.3 Å². The number of urea groups is 1. The molecule has 1 aliphatic heterocycles. The van der Waals surface area contributed by atoms with Gasteiger partial charge in [-0.25, -0.2) is 4.79 Å². The topological polar surface area (TPSA) is 60.9 Å². The van der Waals surface area contributed by atoms with Crippen LogP contribution in [0.5, 0.6) is 0 Å². The van der Waals surface area contributed by atoms with Gasteiger partial charge in [0.15, 0.2) is 0 Å². The van der Waals surface area contributed by atoms with Crippen LogP contribution in [0.3, 0.4) is 0 Å². The number of hydrogen-bond donors (Lipinski definition) is 1. The molecule has 6 heteroatoms. The highest BCUT2D eigenvalue weighted by Crippen LogP contribution is 2.31. The second-order valence-electron chi connectivity index (χ2n) is 5.84. The van der Waals surface area contributed by atoms with Gasteiger partial charge in [0.25, 0.3) is 0 Å². The Morgan fingerprint density at radius 2 is 2.19 bits per heavy atom. The minimum Gasteiger partial charge on any atom is -0.481 e. The molecule has 2 fully saturated rings. The first-order valence-electron chi connectivity index (χ1n) is 7.46. The van der Waals surface area contributed by atoms with Crippen LogP contribution >= 0.6 is 11.3 Å². The summed E-state index contributed by atoms with van der Waals surface area (Å²) in [6, 6.07) is 4.39. The Labute approximate surface area is 128 Å². The number of carbonyl (C=O) groups is 2. The molecule has 0 radical (unpaired) electrons. The first-order valence-corrected chi connectivity index (χ1v) is 8.34. The molecule has 1 saturated heterocycles. The van der Waals surface area contributed by atoms with E-state index in [2.05, 4.69) is 0 Å². The number of hydrogen-bond acceptors (Lipinski definition) is 3. The predicted molar refractivity (Wildman–Crippen MR) is 80.2 cm³/mol. The van der Waals surface area contributed by atoms with E-state index >= 15 is 0 Å². The van der Waals surface area contributed by atoms with Crippen LogP contribution in [0.25, 0.3) is 0 Å². The maximum Gasteiger partial charge on any atom is 0.320 e. The van der Waals surface area contributed by atoms with Gasteiger partial charge in [-0.2, -0.15) is 0 Å². The molecule has 1 N–H and O–H groups in total. The number of piperidine rings is 1. The summed E-state index contributed by atoms with van der Waals surface area (Å²) in [7, 11) is 0. The lowest BCUT2D eigenvalue weighted by Crippen LogP contribution is -2.49. The average Bonchev–Trinajstić information content (AvgIpc) is 3.20. The van der Waals surface area contributed by atoms with Gasteiger partial charge in [0.05, 0.1) is 12.5 Å². The van der Waals surface area contributed by atoms with E-state index in [0.29, 0.717) is 32.1 Å². The molecule has 0 spiro atoms. The van der Waals surface area contributed by atoms with Gasteiger partial charge in [-0.1, -0.05) is 6.07 Å². The highest BCUT2D eigenvalue weighted by atomic mass is 32.1.